The quantitative estimate of drug-likeness (QED) is 0.752. The molecule has 1 aliphatic carbocycles. The van der Waals surface area contributed by atoms with Gasteiger partial charge in [-0.25, -0.2) is 0 Å². The van der Waals surface area contributed by atoms with Crippen LogP contribution < -0.4 is 0 Å². The molecule has 0 spiro atoms. The Labute approximate surface area is 134 Å². The molecule has 3 nitrogen and oxygen atoms in total. The number of amides is 1. The molecule has 0 aliphatic heterocycles. The molecule has 0 heterocycles. The summed E-state index contributed by atoms with van der Waals surface area (Å²) in [6.07, 6.45) is 3.35. The summed E-state index contributed by atoms with van der Waals surface area (Å²) in [5, 5.41) is 0. The molecule has 1 aromatic carbocycles. The van der Waals surface area contributed by atoms with Crippen molar-refractivity contribution in [3.63, 3.8) is 0 Å². The number of hydrogen-bond donors (Lipinski definition) is 0. The molecule has 1 aliphatic rings. The van der Waals surface area contributed by atoms with E-state index in [4.69, 9.17) is 0 Å². The van der Waals surface area contributed by atoms with Crippen molar-refractivity contribution in [3.05, 3.63) is 47.5 Å². The molecule has 0 radical (unpaired) electrons. The van der Waals surface area contributed by atoms with Gasteiger partial charge in [0.2, 0.25) is 5.91 Å². The highest BCUT2D eigenvalue weighted by molar-refractivity contribution is 5.78. The molecule has 0 saturated carbocycles. The van der Waals surface area contributed by atoms with Crippen molar-refractivity contribution in [3.8, 4) is 0 Å². The molecule has 1 amide bonds. The first-order valence-electron chi connectivity index (χ1n) is 8.23. The topological polar surface area (TPSA) is 23.6 Å². The lowest BCUT2D eigenvalue weighted by Crippen LogP contribution is -2.41. The van der Waals surface area contributed by atoms with Gasteiger partial charge in [-0.15, -0.1) is 0 Å². The summed E-state index contributed by atoms with van der Waals surface area (Å²) in [6, 6.07) is 8.76. The summed E-state index contributed by atoms with van der Waals surface area (Å²) in [7, 11) is 1.95. The van der Waals surface area contributed by atoms with E-state index in [0.29, 0.717) is 6.54 Å². The minimum atomic E-state index is 0.199. The van der Waals surface area contributed by atoms with Gasteiger partial charge in [0.15, 0.2) is 0 Å². The number of nitrogens with zero attached hydrogens (tertiary/aromatic N) is 2. The fourth-order valence-corrected chi connectivity index (χ4v) is 3.27. The maximum atomic E-state index is 12.7. The van der Waals surface area contributed by atoms with E-state index in [1.807, 2.05) is 18.9 Å². The van der Waals surface area contributed by atoms with E-state index in [1.165, 1.54) is 11.1 Å². The summed E-state index contributed by atoms with van der Waals surface area (Å²) in [4.78, 5) is 16.7. The van der Waals surface area contributed by atoms with Crippen LogP contribution in [-0.4, -0.2) is 42.4 Å². The lowest BCUT2D eigenvalue weighted by atomic mass is 9.87. The van der Waals surface area contributed by atoms with Crippen LogP contribution in [0.15, 0.2) is 36.4 Å². The number of rotatable bonds is 6. The van der Waals surface area contributed by atoms with E-state index in [0.717, 1.165) is 37.9 Å². The molecule has 22 heavy (non-hydrogen) atoms. The molecule has 2 rings (SSSR count). The van der Waals surface area contributed by atoms with Gasteiger partial charge in [0.25, 0.3) is 0 Å². The highest BCUT2D eigenvalue weighted by atomic mass is 16.2. The first kappa shape index (κ1) is 16.8. The second-order valence-electron chi connectivity index (χ2n) is 6.37. The summed E-state index contributed by atoms with van der Waals surface area (Å²) in [5.74, 6) is 0.199. The minimum Gasteiger partial charge on any atom is -0.338 e. The van der Waals surface area contributed by atoms with Crippen molar-refractivity contribution >= 4 is 5.91 Å². The fraction of sp³-hybridized carbons (Fsp3) is 0.526. The normalized spacial score (nSPS) is 17.2. The molecule has 3 heteroatoms. The van der Waals surface area contributed by atoms with E-state index in [-0.39, 0.29) is 11.9 Å². The first-order chi connectivity index (χ1) is 10.5. The molecule has 120 valence electrons. The molecule has 0 N–H and O–H groups in total. The Bertz CT molecular complexity index is 538. The van der Waals surface area contributed by atoms with Crippen LogP contribution in [0.2, 0.25) is 0 Å². The number of aryl methyl sites for hydroxylation is 1. The van der Waals surface area contributed by atoms with Gasteiger partial charge >= 0.3 is 0 Å². The van der Waals surface area contributed by atoms with Crippen molar-refractivity contribution in [2.24, 2.45) is 0 Å². The zero-order valence-electron chi connectivity index (χ0n) is 14.1. The number of carbonyl (C=O) groups excluding carboxylic acids is 1. The Hall–Kier alpha value is -1.61. The van der Waals surface area contributed by atoms with Gasteiger partial charge in [-0.1, -0.05) is 43.3 Å². The standard InChI is InChI=1S/C19H28N2O/c1-5-21(13-15(2)3)14-19(22)20(4)18-12-8-10-16-9-6-7-11-17(16)18/h6-7,9,11,18H,2,5,8,10,12-14H2,1,3-4H3. The van der Waals surface area contributed by atoms with Gasteiger partial charge in [0.1, 0.15) is 0 Å². The lowest BCUT2D eigenvalue weighted by molar-refractivity contribution is -0.133. The highest BCUT2D eigenvalue weighted by Crippen LogP contribution is 2.33. The third-order valence-corrected chi connectivity index (χ3v) is 4.50. The van der Waals surface area contributed by atoms with Crippen LogP contribution in [0.4, 0.5) is 0 Å². The van der Waals surface area contributed by atoms with Crippen molar-refractivity contribution in [2.45, 2.75) is 39.2 Å². The molecule has 1 unspecified atom stereocenters. The van der Waals surface area contributed by atoms with Gasteiger partial charge in [-0.05, 0) is 43.9 Å². The number of benzene rings is 1. The van der Waals surface area contributed by atoms with E-state index in [2.05, 4.69) is 42.7 Å². The second kappa shape index (κ2) is 7.59. The van der Waals surface area contributed by atoms with Gasteiger partial charge in [-0.3, -0.25) is 9.69 Å². The van der Waals surface area contributed by atoms with Gasteiger partial charge in [0, 0.05) is 13.6 Å². The van der Waals surface area contributed by atoms with Crippen molar-refractivity contribution in [1.82, 2.24) is 9.80 Å². The molecule has 0 bridgehead atoms. The average Bonchev–Trinajstić information content (AvgIpc) is 2.52. The van der Waals surface area contributed by atoms with E-state index < -0.39 is 0 Å². The number of carbonyl (C=O) groups is 1. The molecule has 1 atom stereocenters. The summed E-state index contributed by atoms with van der Waals surface area (Å²) in [5.41, 5.74) is 3.82. The Morgan fingerprint density at radius 1 is 1.32 bits per heavy atom. The van der Waals surface area contributed by atoms with E-state index in [9.17, 15) is 4.79 Å². The van der Waals surface area contributed by atoms with Crippen LogP contribution in [0.25, 0.3) is 0 Å². The summed E-state index contributed by atoms with van der Waals surface area (Å²) >= 11 is 0. The van der Waals surface area contributed by atoms with Gasteiger partial charge < -0.3 is 4.90 Å². The van der Waals surface area contributed by atoms with Gasteiger partial charge in [-0.2, -0.15) is 0 Å². The highest BCUT2D eigenvalue weighted by Gasteiger charge is 2.26. The predicted molar refractivity (Wildman–Crippen MR) is 91.8 cm³/mol. The summed E-state index contributed by atoms with van der Waals surface area (Å²) < 4.78 is 0. The maximum absolute atomic E-state index is 12.7. The first-order valence-corrected chi connectivity index (χ1v) is 8.23. The lowest BCUT2D eigenvalue weighted by Gasteiger charge is -2.34. The van der Waals surface area contributed by atoms with Crippen LogP contribution in [0, 0.1) is 0 Å². The smallest absolute Gasteiger partial charge is 0.237 e. The largest absolute Gasteiger partial charge is 0.338 e. The van der Waals surface area contributed by atoms with Crippen molar-refractivity contribution in [1.29, 1.82) is 0 Å². The Morgan fingerprint density at radius 3 is 2.73 bits per heavy atom. The zero-order chi connectivity index (χ0) is 16.1. The molecule has 1 aromatic rings. The van der Waals surface area contributed by atoms with Crippen LogP contribution in [-0.2, 0) is 11.2 Å². The molecule has 0 saturated heterocycles. The van der Waals surface area contributed by atoms with Crippen LogP contribution in [0.1, 0.15) is 43.9 Å². The molecular formula is C19H28N2O. The number of likely N-dealkylation sites (N-methyl/N-ethyl adjacent to an activating group) is 2. The van der Waals surface area contributed by atoms with Gasteiger partial charge in [0.05, 0.1) is 12.6 Å². The van der Waals surface area contributed by atoms with E-state index >= 15 is 0 Å². The predicted octanol–water partition coefficient (Wildman–Crippen LogP) is 3.42. The SMILES string of the molecule is C=C(C)CN(CC)CC(=O)N(C)C1CCCc2ccccc21. The number of fused-ring (bicyclic) bond motifs is 1. The Balaban J connectivity index is 2.06. The van der Waals surface area contributed by atoms with Crippen molar-refractivity contribution < 1.29 is 4.79 Å². The average molecular weight is 300 g/mol. The molecule has 0 aromatic heterocycles. The van der Waals surface area contributed by atoms with Crippen LogP contribution in [0.5, 0.6) is 0 Å². The minimum absolute atomic E-state index is 0.199. The fourth-order valence-electron chi connectivity index (χ4n) is 3.27. The third kappa shape index (κ3) is 3.98. The van der Waals surface area contributed by atoms with Crippen LogP contribution in [0.3, 0.4) is 0 Å². The maximum Gasteiger partial charge on any atom is 0.237 e. The monoisotopic (exact) mass is 300 g/mol. The van der Waals surface area contributed by atoms with E-state index in [1.54, 1.807) is 0 Å². The zero-order valence-corrected chi connectivity index (χ0v) is 14.1. The third-order valence-electron chi connectivity index (χ3n) is 4.50. The molecule has 0 fully saturated rings. The molecular weight excluding hydrogens is 272 g/mol. The number of hydrogen-bond acceptors (Lipinski definition) is 2. The second-order valence-corrected chi connectivity index (χ2v) is 6.37. The Kier molecular flexibility index (Phi) is 5.78. The van der Waals surface area contributed by atoms with Crippen LogP contribution >= 0.6 is 0 Å². The summed E-state index contributed by atoms with van der Waals surface area (Å²) in [6.45, 7) is 10.2. The van der Waals surface area contributed by atoms with Crippen molar-refractivity contribution in [2.75, 3.05) is 26.7 Å². The Morgan fingerprint density at radius 2 is 2.05 bits per heavy atom.